The molecule has 1 N–H and O–H groups in total. The Balaban J connectivity index is 1.69. The van der Waals surface area contributed by atoms with E-state index >= 15 is 0 Å². The van der Waals surface area contributed by atoms with Gasteiger partial charge in [-0.1, -0.05) is 33.6 Å². The Morgan fingerprint density at radius 1 is 1.00 bits per heavy atom. The number of piperidine rings is 1. The maximum atomic E-state index is 12.9. The summed E-state index contributed by atoms with van der Waals surface area (Å²) in [5.74, 6) is 1.11. The predicted octanol–water partition coefficient (Wildman–Crippen LogP) is 3.66. The van der Waals surface area contributed by atoms with Gasteiger partial charge in [-0.2, -0.15) is 4.31 Å². The smallest absolute Gasteiger partial charge is 0.251 e. The SMILES string of the molecule is C[C@@H]1C[C@H](C)CN(S(=O)(=O)c2ccc(C(=O)N[C@@H]3CCCC[C@@H]3C)cc2)C1. The molecule has 0 unspecified atom stereocenters. The van der Waals surface area contributed by atoms with Crippen molar-refractivity contribution >= 4 is 15.9 Å². The number of hydrogen-bond acceptors (Lipinski definition) is 3. The molecular formula is C21H32N2O3S. The van der Waals surface area contributed by atoms with E-state index in [1.54, 1.807) is 28.6 Å². The Morgan fingerprint density at radius 2 is 1.59 bits per heavy atom. The van der Waals surface area contributed by atoms with Crippen molar-refractivity contribution in [2.45, 2.75) is 63.8 Å². The zero-order valence-corrected chi connectivity index (χ0v) is 17.5. The molecule has 1 aliphatic heterocycles. The van der Waals surface area contributed by atoms with Crippen LogP contribution in [0.15, 0.2) is 29.2 Å². The Hall–Kier alpha value is -1.40. The molecule has 2 aliphatic rings. The molecule has 150 valence electrons. The number of carbonyl (C=O) groups is 1. The van der Waals surface area contributed by atoms with Gasteiger partial charge in [-0.3, -0.25) is 4.79 Å². The third-order valence-corrected chi connectivity index (χ3v) is 7.86. The van der Waals surface area contributed by atoms with E-state index in [1.807, 2.05) is 0 Å². The van der Waals surface area contributed by atoms with Gasteiger partial charge in [0.05, 0.1) is 4.90 Å². The molecular weight excluding hydrogens is 360 g/mol. The van der Waals surface area contributed by atoms with Crippen molar-refractivity contribution in [3.05, 3.63) is 29.8 Å². The fourth-order valence-electron chi connectivity index (χ4n) is 4.51. The van der Waals surface area contributed by atoms with Crippen LogP contribution in [0.5, 0.6) is 0 Å². The molecule has 1 amide bonds. The van der Waals surface area contributed by atoms with Crippen molar-refractivity contribution in [3.8, 4) is 0 Å². The molecule has 0 bridgehead atoms. The van der Waals surface area contributed by atoms with Crippen molar-refractivity contribution < 1.29 is 13.2 Å². The van der Waals surface area contributed by atoms with Crippen molar-refractivity contribution in [1.29, 1.82) is 0 Å². The largest absolute Gasteiger partial charge is 0.349 e. The van der Waals surface area contributed by atoms with Gasteiger partial charge in [-0.15, -0.1) is 0 Å². The van der Waals surface area contributed by atoms with Crippen molar-refractivity contribution in [1.82, 2.24) is 9.62 Å². The molecule has 27 heavy (non-hydrogen) atoms. The Kier molecular flexibility index (Phi) is 6.26. The number of nitrogens with one attached hydrogen (secondary N) is 1. The molecule has 1 saturated carbocycles. The molecule has 1 aliphatic carbocycles. The Morgan fingerprint density at radius 3 is 2.19 bits per heavy atom. The molecule has 0 radical (unpaired) electrons. The molecule has 2 fully saturated rings. The van der Waals surface area contributed by atoms with Crippen molar-refractivity contribution in [2.24, 2.45) is 17.8 Å². The minimum atomic E-state index is -3.50. The minimum Gasteiger partial charge on any atom is -0.349 e. The van der Waals surface area contributed by atoms with Gasteiger partial charge in [0.2, 0.25) is 10.0 Å². The van der Waals surface area contributed by atoms with Gasteiger partial charge in [0.15, 0.2) is 0 Å². The summed E-state index contributed by atoms with van der Waals surface area (Å²) >= 11 is 0. The zero-order valence-electron chi connectivity index (χ0n) is 16.6. The van der Waals surface area contributed by atoms with Crippen LogP contribution in [0.25, 0.3) is 0 Å². The molecule has 4 atom stereocenters. The summed E-state index contributed by atoms with van der Waals surface area (Å²) in [6.45, 7) is 7.50. The van der Waals surface area contributed by atoms with Crippen LogP contribution in [0.1, 0.15) is 63.2 Å². The van der Waals surface area contributed by atoms with Gasteiger partial charge < -0.3 is 5.32 Å². The molecule has 3 rings (SSSR count). The van der Waals surface area contributed by atoms with E-state index in [2.05, 4.69) is 26.1 Å². The fourth-order valence-corrected chi connectivity index (χ4v) is 6.19. The first kappa shape index (κ1) is 20.3. The van der Waals surface area contributed by atoms with Gasteiger partial charge in [0.25, 0.3) is 5.91 Å². The van der Waals surface area contributed by atoms with E-state index < -0.39 is 10.0 Å². The summed E-state index contributed by atoms with van der Waals surface area (Å²) < 4.78 is 27.5. The lowest BCUT2D eigenvalue weighted by atomic mass is 9.86. The van der Waals surface area contributed by atoms with Crippen LogP contribution in [0.2, 0.25) is 0 Å². The van der Waals surface area contributed by atoms with Gasteiger partial charge in [0.1, 0.15) is 0 Å². The predicted molar refractivity (Wildman–Crippen MR) is 107 cm³/mol. The minimum absolute atomic E-state index is 0.113. The average Bonchev–Trinajstić information content (AvgIpc) is 2.63. The highest BCUT2D eigenvalue weighted by Gasteiger charge is 2.31. The highest BCUT2D eigenvalue weighted by atomic mass is 32.2. The number of carbonyl (C=O) groups excluding carboxylic acids is 1. The first-order valence-corrected chi connectivity index (χ1v) is 11.6. The van der Waals surface area contributed by atoms with Gasteiger partial charge in [0, 0.05) is 24.7 Å². The van der Waals surface area contributed by atoms with Crippen LogP contribution >= 0.6 is 0 Å². The molecule has 1 saturated heterocycles. The second-order valence-electron chi connectivity index (χ2n) is 8.63. The topological polar surface area (TPSA) is 66.5 Å². The van der Waals surface area contributed by atoms with Crippen LogP contribution < -0.4 is 5.32 Å². The number of amides is 1. The molecule has 5 nitrogen and oxygen atoms in total. The maximum absolute atomic E-state index is 12.9. The molecule has 6 heteroatoms. The number of nitrogens with zero attached hydrogens (tertiary/aromatic N) is 1. The second kappa shape index (κ2) is 8.31. The van der Waals surface area contributed by atoms with Gasteiger partial charge in [-0.05, 0) is 61.3 Å². The van der Waals surface area contributed by atoms with E-state index in [4.69, 9.17) is 0 Å². The van der Waals surface area contributed by atoms with Crippen LogP contribution in [0, 0.1) is 17.8 Å². The first-order chi connectivity index (χ1) is 12.8. The van der Waals surface area contributed by atoms with Crippen molar-refractivity contribution in [2.75, 3.05) is 13.1 Å². The van der Waals surface area contributed by atoms with Crippen LogP contribution in [0.4, 0.5) is 0 Å². The quantitative estimate of drug-likeness (QED) is 0.850. The lowest BCUT2D eigenvalue weighted by Crippen LogP contribution is -2.42. The van der Waals surface area contributed by atoms with Crippen LogP contribution in [-0.2, 0) is 10.0 Å². The number of hydrogen-bond donors (Lipinski definition) is 1. The molecule has 1 aromatic rings. The van der Waals surface area contributed by atoms with Gasteiger partial charge in [-0.25, -0.2) is 8.42 Å². The number of benzene rings is 1. The Bertz CT molecular complexity index is 750. The lowest BCUT2D eigenvalue weighted by Gasteiger charge is -2.34. The third kappa shape index (κ3) is 4.72. The summed E-state index contributed by atoms with van der Waals surface area (Å²) in [4.78, 5) is 12.8. The zero-order chi connectivity index (χ0) is 19.6. The summed E-state index contributed by atoms with van der Waals surface area (Å²) in [6, 6.07) is 6.61. The fraction of sp³-hybridized carbons (Fsp3) is 0.667. The first-order valence-electron chi connectivity index (χ1n) is 10.2. The standard InChI is InChI=1S/C21H32N2O3S/c1-15-12-16(2)14-23(13-15)27(25,26)19-10-8-18(9-11-19)21(24)22-20-7-5-4-6-17(20)3/h8-11,15-17,20H,4-7,12-14H2,1-3H3,(H,22,24)/t15-,16+,17-,20+/m0/s1. The second-order valence-corrected chi connectivity index (χ2v) is 10.6. The summed E-state index contributed by atoms with van der Waals surface area (Å²) in [7, 11) is -3.50. The molecule has 1 heterocycles. The van der Waals surface area contributed by atoms with E-state index in [0.29, 0.717) is 36.4 Å². The molecule has 0 aromatic heterocycles. The van der Waals surface area contributed by atoms with E-state index in [-0.39, 0.29) is 16.8 Å². The number of rotatable bonds is 4. The van der Waals surface area contributed by atoms with E-state index in [0.717, 1.165) is 25.7 Å². The Labute approximate surface area is 163 Å². The van der Waals surface area contributed by atoms with Crippen LogP contribution in [0.3, 0.4) is 0 Å². The highest BCUT2D eigenvalue weighted by Crippen LogP contribution is 2.27. The summed E-state index contributed by atoms with van der Waals surface area (Å²) in [5.41, 5.74) is 0.520. The highest BCUT2D eigenvalue weighted by molar-refractivity contribution is 7.89. The molecule has 0 spiro atoms. The monoisotopic (exact) mass is 392 g/mol. The number of sulfonamides is 1. The third-order valence-electron chi connectivity index (χ3n) is 6.02. The average molecular weight is 393 g/mol. The maximum Gasteiger partial charge on any atom is 0.251 e. The van der Waals surface area contributed by atoms with E-state index in [9.17, 15) is 13.2 Å². The molecule has 1 aromatic carbocycles. The summed E-state index contributed by atoms with van der Waals surface area (Å²) in [5, 5.41) is 3.12. The normalized spacial score (nSPS) is 30.0. The summed E-state index contributed by atoms with van der Waals surface area (Å²) in [6.07, 6.45) is 5.61. The van der Waals surface area contributed by atoms with Crippen molar-refractivity contribution in [3.63, 3.8) is 0 Å². The van der Waals surface area contributed by atoms with E-state index in [1.165, 1.54) is 6.42 Å². The lowest BCUT2D eigenvalue weighted by molar-refractivity contribution is 0.0910. The van der Waals surface area contributed by atoms with Crippen LogP contribution in [-0.4, -0.2) is 37.8 Å². The van der Waals surface area contributed by atoms with Gasteiger partial charge >= 0.3 is 0 Å².